The molecule has 31 heavy (non-hydrogen) atoms. The van der Waals surface area contributed by atoms with Crippen LogP contribution in [0.15, 0.2) is 72.8 Å². The Balaban J connectivity index is 1.59. The maximum Gasteiger partial charge on any atom is 0.338 e. The van der Waals surface area contributed by atoms with Gasteiger partial charge in [0.15, 0.2) is 0 Å². The average molecular weight is 421 g/mol. The molecule has 0 N–H and O–H groups in total. The van der Waals surface area contributed by atoms with Crippen LogP contribution >= 0.6 is 0 Å². The molecule has 158 valence electrons. The fourth-order valence-corrected chi connectivity index (χ4v) is 2.64. The molecule has 0 aromatic heterocycles. The third-order valence-electron chi connectivity index (χ3n) is 4.19. The molecule has 3 aromatic carbocycles. The second kappa shape index (κ2) is 10.0. The van der Waals surface area contributed by atoms with Crippen molar-refractivity contribution < 1.29 is 28.7 Å². The van der Waals surface area contributed by atoms with Crippen LogP contribution in [0.5, 0.6) is 11.5 Å². The van der Waals surface area contributed by atoms with Gasteiger partial charge in [-0.15, -0.1) is 0 Å². The molecule has 0 spiro atoms. The second-order valence-electron chi connectivity index (χ2n) is 6.37. The number of carbonyl (C=O) groups excluding carboxylic acids is 2. The van der Waals surface area contributed by atoms with Gasteiger partial charge in [-0.3, -0.25) is 10.1 Å². The Morgan fingerprint density at radius 2 is 1.52 bits per heavy atom. The molecule has 0 fully saturated rings. The highest BCUT2D eigenvalue weighted by Crippen LogP contribution is 2.25. The number of carbonyl (C=O) groups is 2. The van der Waals surface area contributed by atoms with Crippen molar-refractivity contribution in [3.05, 3.63) is 99.6 Å². The number of hydrogen-bond donors (Lipinski definition) is 0. The quantitative estimate of drug-likeness (QED) is 0.289. The number of non-ortho nitro benzene ring substituents is 1. The number of nitrogens with zero attached hydrogens (tertiary/aromatic N) is 1. The Labute approximate surface area is 178 Å². The van der Waals surface area contributed by atoms with Gasteiger partial charge in [-0.05, 0) is 55.0 Å². The van der Waals surface area contributed by atoms with Gasteiger partial charge < -0.3 is 14.2 Å². The largest absolute Gasteiger partial charge is 0.462 e. The summed E-state index contributed by atoms with van der Waals surface area (Å²) in [6.07, 6.45) is 0. The summed E-state index contributed by atoms with van der Waals surface area (Å²) in [6.45, 7) is 2.07. The second-order valence-corrected chi connectivity index (χ2v) is 6.37. The molecule has 0 atom stereocenters. The minimum Gasteiger partial charge on any atom is -0.462 e. The van der Waals surface area contributed by atoms with E-state index in [-0.39, 0.29) is 12.3 Å². The van der Waals surface area contributed by atoms with Crippen LogP contribution in [0.25, 0.3) is 0 Å². The van der Waals surface area contributed by atoms with E-state index in [0.717, 1.165) is 5.56 Å². The SMILES string of the molecule is CCOC(=O)c1ccc(COC(=O)c2cccc(Oc3ccc([N+](=O)[O-])cc3)c2)cc1. The van der Waals surface area contributed by atoms with Crippen molar-refractivity contribution in [1.82, 2.24) is 0 Å². The number of benzene rings is 3. The molecule has 0 unspecified atom stereocenters. The third-order valence-corrected chi connectivity index (χ3v) is 4.19. The first-order valence-electron chi connectivity index (χ1n) is 9.42. The van der Waals surface area contributed by atoms with Gasteiger partial charge in [0.05, 0.1) is 22.7 Å². The molecule has 3 aromatic rings. The lowest BCUT2D eigenvalue weighted by atomic mass is 10.1. The first-order chi connectivity index (χ1) is 15.0. The summed E-state index contributed by atoms with van der Waals surface area (Å²) in [4.78, 5) is 34.3. The van der Waals surface area contributed by atoms with Gasteiger partial charge in [0.25, 0.3) is 5.69 Å². The monoisotopic (exact) mass is 421 g/mol. The lowest BCUT2D eigenvalue weighted by molar-refractivity contribution is -0.384. The zero-order valence-electron chi connectivity index (χ0n) is 16.6. The van der Waals surface area contributed by atoms with Crippen LogP contribution in [-0.2, 0) is 16.1 Å². The van der Waals surface area contributed by atoms with Gasteiger partial charge in [-0.25, -0.2) is 9.59 Å². The maximum absolute atomic E-state index is 12.4. The molecule has 8 heteroatoms. The summed E-state index contributed by atoms with van der Waals surface area (Å²) >= 11 is 0. The fourth-order valence-electron chi connectivity index (χ4n) is 2.64. The summed E-state index contributed by atoms with van der Waals surface area (Å²) in [7, 11) is 0. The van der Waals surface area contributed by atoms with Gasteiger partial charge in [0.1, 0.15) is 18.1 Å². The van der Waals surface area contributed by atoms with Gasteiger partial charge in [-0.2, -0.15) is 0 Å². The van der Waals surface area contributed by atoms with E-state index < -0.39 is 16.9 Å². The van der Waals surface area contributed by atoms with Gasteiger partial charge >= 0.3 is 11.9 Å². The van der Waals surface area contributed by atoms with E-state index in [9.17, 15) is 19.7 Å². The topological polar surface area (TPSA) is 105 Å². The van der Waals surface area contributed by atoms with Crippen LogP contribution in [0.3, 0.4) is 0 Å². The smallest absolute Gasteiger partial charge is 0.338 e. The number of hydrogen-bond acceptors (Lipinski definition) is 7. The Morgan fingerprint density at radius 1 is 0.839 bits per heavy atom. The summed E-state index contributed by atoms with van der Waals surface area (Å²) in [5.74, 6) is -0.153. The Hall–Kier alpha value is -4.20. The van der Waals surface area contributed by atoms with E-state index in [2.05, 4.69) is 0 Å². The highest BCUT2D eigenvalue weighted by Gasteiger charge is 2.11. The van der Waals surface area contributed by atoms with E-state index in [1.54, 1.807) is 49.4 Å². The average Bonchev–Trinajstić information content (AvgIpc) is 2.78. The Kier molecular flexibility index (Phi) is 6.95. The molecule has 0 aliphatic rings. The molecule has 0 bridgehead atoms. The predicted octanol–water partition coefficient (Wildman–Crippen LogP) is 4.92. The van der Waals surface area contributed by atoms with Crippen LogP contribution in [0.4, 0.5) is 5.69 Å². The first kappa shape index (κ1) is 21.5. The van der Waals surface area contributed by atoms with E-state index in [4.69, 9.17) is 14.2 Å². The molecule has 0 aliphatic carbocycles. The third kappa shape index (κ3) is 5.89. The molecule has 0 amide bonds. The molecule has 0 aliphatic heterocycles. The van der Waals surface area contributed by atoms with Crippen molar-refractivity contribution >= 4 is 17.6 Å². The minimum atomic E-state index is -0.538. The van der Waals surface area contributed by atoms with Crippen molar-refractivity contribution in [1.29, 1.82) is 0 Å². The van der Waals surface area contributed by atoms with E-state index in [1.165, 1.54) is 30.3 Å². The zero-order valence-corrected chi connectivity index (χ0v) is 16.6. The lowest BCUT2D eigenvalue weighted by Crippen LogP contribution is -2.07. The minimum absolute atomic E-state index is 0.0371. The van der Waals surface area contributed by atoms with Crippen LogP contribution in [0.2, 0.25) is 0 Å². The van der Waals surface area contributed by atoms with Crippen molar-refractivity contribution in [3.8, 4) is 11.5 Å². The molecular formula is C23H19NO7. The van der Waals surface area contributed by atoms with E-state index >= 15 is 0 Å². The fraction of sp³-hybridized carbons (Fsp3) is 0.130. The summed E-state index contributed by atoms with van der Waals surface area (Å²) in [6, 6.07) is 18.6. The van der Waals surface area contributed by atoms with Crippen molar-refractivity contribution in [2.45, 2.75) is 13.5 Å². The van der Waals surface area contributed by atoms with Gasteiger partial charge in [0.2, 0.25) is 0 Å². The Bertz CT molecular complexity index is 1080. The highest BCUT2D eigenvalue weighted by atomic mass is 16.6. The summed E-state index contributed by atoms with van der Waals surface area (Å²) < 4.78 is 15.9. The zero-order chi connectivity index (χ0) is 22.2. The molecule has 3 rings (SSSR count). The van der Waals surface area contributed by atoms with E-state index in [0.29, 0.717) is 29.2 Å². The van der Waals surface area contributed by atoms with Crippen LogP contribution in [0.1, 0.15) is 33.2 Å². The van der Waals surface area contributed by atoms with Crippen LogP contribution in [0, 0.1) is 10.1 Å². The predicted molar refractivity (Wildman–Crippen MR) is 111 cm³/mol. The first-order valence-corrected chi connectivity index (χ1v) is 9.42. The number of nitro groups is 1. The van der Waals surface area contributed by atoms with Crippen LogP contribution < -0.4 is 4.74 Å². The lowest BCUT2D eigenvalue weighted by Gasteiger charge is -2.09. The molecule has 0 saturated carbocycles. The van der Waals surface area contributed by atoms with Crippen molar-refractivity contribution in [3.63, 3.8) is 0 Å². The van der Waals surface area contributed by atoms with Crippen molar-refractivity contribution in [2.75, 3.05) is 6.61 Å². The molecular weight excluding hydrogens is 402 g/mol. The molecule has 0 saturated heterocycles. The van der Waals surface area contributed by atoms with Crippen LogP contribution in [-0.4, -0.2) is 23.5 Å². The van der Waals surface area contributed by atoms with Crippen molar-refractivity contribution in [2.24, 2.45) is 0 Å². The summed E-state index contributed by atoms with van der Waals surface area (Å²) in [5.41, 5.74) is 1.40. The van der Waals surface area contributed by atoms with Gasteiger partial charge in [0, 0.05) is 12.1 Å². The molecule has 0 radical (unpaired) electrons. The number of esters is 2. The highest BCUT2D eigenvalue weighted by molar-refractivity contribution is 5.90. The van der Waals surface area contributed by atoms with E-state index in [1.807, 2.05) is 0 Å². The standard InChI is InChI=1S/C23H19NO7/c1-2-29-22(25)17-8-6-16(7-9-17)15-30-23(26)18-4-3-5-21(14-18)31-20-12-10-19(11-13-20)24(27)28/h3-14H,2,15H2,1H3. The molecule has 0 heterocycles. The molecule has 8 nitrogen and oxygen atoms in total. The van der Waals surface area contributed by atoms with Gasteiger partial charge in [-0.1, -0.05) is 18.2 Å². The normalized spacial score (nSPS) is 10.2. The summed E-state index contributed by atoms with van der Waals surface area (Å²) in [5, 5.41) is 10.7. The Morgan fingerprint density at radius 3 is 2.16 bits per heavy atom. The maximum atomic E-state index is 12.4. The number of nitro benzene ring substituents is 1. The number of rotatable bonds is 8. The number of ether oxygens (including phenoxy) is 3.